The van der Waals surface area contributed by atoms with Gasteiger partial charge < -0.3 is 15.4 Å². The number of hydrogen-bond acceptors (Lipinski definition) is 3. The van der Waals surface area contributed by atoms with E-state index in [1.807, 2.05) is 6.92 Å². The van der Waals surface area contributed by atoms with E-state index in [1.165, 1.54) is 12.1 Å². The zero-order valence-corrected chi connectivity index (χ0v) is 11.0. The molecule has 0 spiro atoms. The van der Waals surface area contributed by atoms with E-state index in [9.17, 15) is 18.0 Å². The Bertz CT molecular complexity index is 517. The first-order valence-electron chi connectivity index (χ1n) is 6.24. The molecule has 2 atom stereocenters. The van der Waals surface area contributed by atoms with Gasteiger partial charge in [-0.3, -0.25) is 4.79 Å². The van der Waals surface area contributed by atoms with Gasteiger partial charge in [-0.25, -0.2) is 0 Å². The smallest absolute Gasteiger partial charge is 0.425 e. The lowest BCUT2D eigenvalue weighted by Crippen LogP contribution is -2.31. The zero-order chi connectivity index (χ0) is 14.9. The Labute approximate surface area is 114 Å². The fourth-order valence-corrected chi connectivity index (χ4v) is 1.99. The number of rotatable bonds is 4. The highest BCUT2D eigenvalue weighted by atomic mass is 19.4. The van der Waals surface area contributed by atoms with Crippen LogP contribution >= 0.6 is 0 Å². The van der Waals surface area contributed by atoms with Gasteiger partial charge in [-0.1, -0.05) is 13.0 Å². The summed E-state index contributed by atoms with van der Waals surface area (Å²) in [5, 5.41) is 5.62. The lowest BCUT2D eigenvalue weighted by Gasteiger charge is -2.18. The minimum Gasteiger partial charge on any atom is -0.481 e. The van der Waals surface area contributed by atoms with Crippen LogP contribution in [-0.4, -0.2) is 24.7 Å². The number of halogens is 3. The van der Waals surface area contributed by atoms with Crippen molar-refractivity contribution in [2.75, 3.05) is 11.9 Å². The van der Waals surface area contributed by atoms with Crippen molar-refractivity contribution in [1.82, 2.24) is 5.32 Å². The van der Waals surface area contributed by atoms with Crippen molar-refractivity contribution in [1.29, 1.82) is 0 Å². The van der Waals surface area contributed by atoms with Gasteiger partial charge in [0.1, 0.15) is 11.8 Å². The highest BCUT2D eigenvalue weighted by Crippen LogP contribution is 2.35. The topological polar surface area (TPSA) is 50.4 Å². The third kappa shape index (κ3) is 2.87. The summed E-state index contributed by atoms with van der Waals surface area (Å²) >= 11 is 0. The van der Waals surface area contributed by atoms with Gasteiger partial charge in [0.05, 0.1) is 0 Å². The highest BCUT2D eigenvalue weighted by Gasteiger charge is 2.38. The van der Waals surface area contributed by atoms with Crippen molar-refractivity contribution in [3.8, 4) is 5.75 Å². The second-order valence-corrected chi connectivity index (χ2v) is 4.53. The Morgan fingerprint density at radius 1 is 1.45 bits per heavy atom. The Hall–Kier alpha value is -1.76. The molecule has 7 heteroatoms. The average molecular weight is 288 g/mol. The molecule has 1 aliphatic rings. The molecule has 1 amide bonds. The summed E-state index contributed by atoms with van der Waals surface area (Å²) in [4.78, 5) is 11.7. The molecular formula is C13H15F3N2O2. The quantitative estimate of drug-likeness (QED) is 0.895. The van der Waals surface area contributed by atoms with Crippen LogP contribution in [0, 0.1) is 0 Å². The van der Waals surface area contributed by atoms with E-state index in [2.05, 4.69) is 10.6 Å². The van der Waals surface area contributed by atoms with E-state index in [1.54, 1.807) is 6.07 Å². The molecule has 2 unspecified atom stereocenters. The Kier molecular flexibility index (Phi) is 3.89. The summed E-state index contributed by atoms with van der Waals surface area (Å²) in [6.45, 7) is 3.42. The predicted octanol–water partition coefficient (Wildman–Crippen LogP) is 2.62. The van der Waals surface area contributed by atoms with Crippen LogP contribution in [0.5, 0.6) is 5.75 Å². The van der Waals surface area contributed by atoms with E-state index in [4.69, 9.17) is 4.74 Å². The second-order valence-electron chi connectivity index (χ2n) is 4.53. The van der Waals surface area contributed by atoms with Crippen LogP contribution in [0.15, 0.2) is 18.2 Å². The number of amides is 1. The van der Waals surface area contributed by atoms with E-state index < -0.39 is 18.3 Å². The minimum atomic E-state index is -4.42. The Morgan fingerprint density at radius 3 is 2.75 bits per heavy atom. The number of benzene rings is 1. The summed E-state index contributed by atoms with van der Waals surface area (Å²) in [6, 6.07) is 3.97. The summed E-state index contributed by atoms with van der Waals surface area (Å²) in [5.74, 6) is -0.145. The van der Waals surface area contributed by atoms with Crippen LogP contribution in [0.25, 0.3) is 0 Å². The summed E-state index contributed by atoms with van der Waals surface area (Å²) in [5.41, 5.74) is 1.19. The van der Waals surface area contributed by atoms with Gasteiger partial charge in [0.15, 0.2) is 6.10 Å². The molecule has 1 aliphatic heterocycles. The molecule has 0 aliphatic carbocycles. The first kappa shape index (κ1) is 14.6. The highest BCUT2D eigenvalue weighted by molar-refractivity contribution is 6.02. The fourth-order valence-electron chi connectivity index (χ4n) is 1.99. The molecule has 0 aromatic heterocycles. The maximum absolute atomic E-state index is 12.4. The first-order chi connectivity index (χ1) is 9.32. The van der Waals surface area contributed by atoms with Crippen molar-refractivity contribution in [2.45, 2.75) is 32.2 Å². The summed E-state index contributed by atoms with van der Waals surface area (Å²) in [7, 11) is 0. The van der Waals surface area contributed by atoms with Crippen molar-refractivity contribution < 1.29 is 22.7 Å². The van der Waals surface area contributed by atoms with E-state index in [0.29, 0.717) is 17.8 Å². The first-order valence-corrected chi connectivity index (χ1v) is 6.24. The SMILES string of the molecule is CCNC1C(=O)Nc2cc(OC(C)C(F)(F)F)ccc21. The molecule has 110 valence electrons. The van der Waals surface area contributed by atoms with Crippen LogP contribution in [-0.2, 0) is 4.79 Å². The fraction of sp³-hybridized carbons (Fsp3) is 0.462. The van der Waals surface area contributed by atoms with Gasteiger partial charge in [-0.05, 0) is 19.5 Å². The molecule has 4 nitrogen and oxygen atoms in total. The number of nitrogens with one attached hydrogen (secondary N) is 2. The molecule has 0 bridgehead atoms. The monoisotopic (exact) mass is 288 g/mol. The number of ether oxygens (including phenoxy) is 1. The van der Waals surface area contributed by atoms with Crippen molar-refractivity contribution in [3.63, 3.8) is 0 Å². The van der Waals surface area contributed by atoms with Crippen LogP contribution in [0.4, 0.5) is 18.9 Å². The number of fused-ring (bicyclic) bond motifs is 1. The molecule has 1 heterocycles. The van der Waals surface area contributed by atoms with Gasteiger partial charge in [0.25, 0.3) is 0 Å². The number of likely N-dealkylation sites (N-methyl/N-ethyl adjacent to an activating group) is 1. The third-order valence-corrected chi connectivity index (χ3v) is 3.04. The normalized spacial score (nSPS) is 19.4. The van der Waals surface area contributed by atoms with Gasteiger partial charge >= 0.3 is 6.18 Å². The molecule has 20 heavy (non-hydrogen) atoms. The molecule has 1 aromatic rings. The Balaban J connectivity index is 2.18. The van der Waals surface area contributed by atoms with Crippen LogP contribution < -0.4 is 15.4 Å². The molecule has 0 radical (unpaired) electrons. The van der Waals surface area contributed by atoms with Gasteiger partial charge in [-0.2, -0.15) is 13.2 Å². The molecule has 1 aromatic carbocycles. The van der Waals surface area contributed by atoms with Crippen molar-refractivity contribution in [3.05, 3.63) is 23.8 Å². The third-order valence-electron chi connectivity index (χ3n) is 3.04. The molecule has 2 N–H and O–H groups in total. The number of anilines is 1. The van der Waals surface area contributed by atoms with Gasteiger partial charge in [-0.15, -0.1) is 0 Å². The van der Waals surface area contributed by atoms with E-state index in [-0.39, 0.29) is 11.7 Å². The lowest BCUT2D eigenvalue weighted by molar-refractivity contribution is -0.189. The number of hydrogen-bond donors (Lipinski definition) is 2. The zero-order valence-electron chi connectivity index (χ0n) is 11.0. The summed E-state index contributed by atoms with van der Waals surface area (Å²) < 4.78 is 42.1. The molecule has 2 rings (SSSR count). The minimum absolute atomic E-state index is 0.0750. The van der Waals surface area contributed by atoms with Crippen LogP contribution in [0.3, 0.4) is 0 Å². The maximum Gasteiger partial charge on any atom is 0.425 e. The Morgan fingerprint density at radius 2 is 2.15 bits per heavy atom. The molecule has 0 saturated heterocycles. The van der Waals surface area contributed by atoms with E-state index >= 15 is 0 Å². The maximum atomic E-state index is 12.4. The molecule has 0 saturated carbocycles. The van der Waals surface area contributed by atoms with Gasteiger partial charge in [0.2, 0.25) is 5.91 Å². The molecular weight excluding hydrogens is 273 g/mol. The standard InChI is InChI=1S/C13H15F3N2O2/c1-3-17-11-9-5-4-8(6-10(9)18-12(11)19)20-7(2)13(14,15)16/h4-7,11,17H,3H2,1-2H3,(H,18,19). The van der Waals surface area contributed by atoms with Crippen molar-refractivity contribution >= 4 is 11.6 Å². The number of carbonyl (C=O) groups excluding carboxylic acids is 1. The second kappa shape index (κ2) is 5.32. The van der Waals surface area contributed by atoms with E-state index in [0.717, 1.165) is 6.92 Å². The molecule has 0 fully saturated rings. The van der Waals surface area contributed by atoms with Crippen LogP contribution in [0.2, 0.25) is 0 Å². The lowest BCUT2D eigenvalue weighted by atomic mass is 10.1. The van der Waals surface area contributed by atoms with Crippen LogP contribution in [0.1, 0.15) is 25.5 Å². The largest absolute Gasteiger partial charge is 0.481 e. The average Bonchev–Trinajstić information content (AvgIpc) is 2.64. The number of carbonyl (C=O) groups is 1. The van der Waals surface area contributed by atoms with Gasteiger partial charge in [0, 0.05) is 17.3 Å². The predicted molar refractivity (Wildman–Crippen MR) is 67.6 cm³/mol. The number of alkyl halides is 3. The van der Waals surface area contributed by atoms with Crippen molar-refractivity contribution in [2.24, 2.45) is 0 Å². The summed E-state index contributed by atoms with van der Waals surface area (Å²) in [6.07, 6.45) is -6.32.